The summed E-state index contributed by atoms with van der Waals surface area (Å²) in [7, 11) is 2.80. The molecular weight excluding hydrogens is 733 g/mol. The summed E-state index contributed by atoms with van der Waals surface area (Å²) in [5.41, 5.74) is 11.0. The summed E-state index contributed by atoms with van der Waals surface area (Å²) in [4.78, 5) is 55.3. The number of nitrogens with one attached hydrogen (secondary N) is 3. The van der Waals surface area contributed by atoms with E-state index in [0.29, 0.717) is 31.2 Å². The van der Waals surface area contributed by atoms with Crippen molar-refractivity contribution in [3.05, 3.63) is 104 Å². The van der Waals surface area contributed by atoms with Crippen molar-refractivity contribution < 1.29 is 23.9 Å². The van der Waals surface area contributed by atoms with Crippen LogP contribution in [0.3, 0.4) is 0 Å². The first-order chi connectivity index (χ1) is 27.9. The predicted molar refractivity (Wildman–Crippen MR) is 229 cm³/mol. The molecule has 13 heteroatoms. The number of hydrogen-bond acceptors (Lipinski definition) is 8. The molecular formula is C45H58N8O5. The Balaban J connectivity index is 0.00000366. The summed E-state index contributed by atoms with van der Waals surface area (Å²) in [5.74, 6) is 7.44. The average Bonchev–Trinajstić information content (AvgIpc) is 4.04. The molecule has 4 atom stereocenters. The van der Waals surface area contributed by atoms with Gasteiger partial charge in [0.15, 0.2) is 5.88 Å². The van der Waals surface area contributed by atoms with Gasteiger partial charge in [-0.1, -0.05) is 75.9 Å². The number of carbonyl (C=O) groups is 3. The minimum atomic E-state index is -0.737. The highest BCUT2D eigenvalue weighted by atomic mass is 16.5. The second-order valence-electron chi connectivity index (χ2n) is 14.7. The fourth-order valence-corrected chi connectivity index (χ4v) is 7.15. The van der Waals surface area contributed by atoms with Crippen molar-refractivity contribution in [1.29, 1.82) is 0 Å². The van der Waals surface area contributed by atoms with Gasteiger partial charge in [-0.05, 0) is 67.4 Å². The highest BCUT2D eigenvalue weighted by molar-refractivity contribution is 5.94. The molecule has 2 unspecified atom stereocenters. The summed E-state index contributed by atoms with van der Waals surface area (Å²) in [6.07, 6.45) is 7.48. The zero-order chi connectivity index (χ0) is 42.4. The lowest BCUT2D eigenvalue weighted by molar-refractivity contribution is -0.136. The zero-order valence-corrected chi connectivity index (χ0v) is 34.6. The highest BCUT2D eigenvalue weighted by Crippen LogP contribution is 2.34. The number of ether oxygens (including phenoxy) is 2. The molecule has 1 aromatic heterocycles. The Morgan fingerprint density at radius 1 is 0.931 bits per heavy atom. The van der Waals surface area contributed by atoms with Gasteiger partial charge in [0.25, 0.3) is 0 Å². The summed E-state index contributed by atoms with van der Waals surface area (Å²) >= 11 is 0. The molecule has 13 nitrogen and oxygen atoms in total. The number of nitrogens with two attached hydrogens (primary N) is 1. The maximum Gasteiger partial charge on any atom is 0.407 e. The number of H-pyrrole nitrogens is 1. The number of aromatic nitrogens is 2. The number of allylic oxidation sites excluding steroid dienone is 1. The smallest absolute Gasteiger partial charge is 0.407 e. The SMILES string of the molecule is C=C.C=C(NC(C(=O)N1CCC[C@H]1c1ncc(-c2ccc(C#C/C=C/N=C(N)[C@@H]3CCCN3C(=O)C(NC(=O)OC)C(C)C)c(-c3ccccc3)c2)[nH]1)C(C)C)OC. The lowest BCUT2D eigenvalue weighted by Crippen LogP contribution is -2.54. The van der Waals surface area contributed by atoms with E-state index >= 15 is 0 Å². The molecule has 2 aromatic carbocycles. The number of amidine groups is 1. The van der Waals surface area contributed by atoms with Gasteiger partial charge in [0.1, 0.15) is 23.7 Å². The van der Waals surface area contributed by atoms with Crippen molar-refractivity contribution >= 4 is 23.7 Å². The number of methoxy groups -OCH3 is 2. The van der Waals surface area contributed by atoms with Crippen molar-refractivity contribution in [2.24, 2.45) is 22.6 Å². The van der Waals surface area contributed by atoms with Gasteiger partial charge < -0.3 is 40.6 Å². The molecule has 2 aliphatic rings. The van der Waals surface area contributed by atoms with Crippen LogP contribution in [0.25, 0.3) is 22.4 Å². The molecule has 0 spiro atoms. The third-order valence-corrected chi connectivity index (χ3v) is 10.2. The molecule has 3 aromatic rings. The molecule has 2 saturated heterocycles. The maximum atomic E-state index is 13.7. The summed E-state index contributed by atoms with van der Waals surface area (Å²) in [6.45, 7) is 18.8. The Labute approximate surface area is 342 Å². The first kappa shape index (κ1) is 44.4. The van der Waals surface area contributed by atoms with Crippen molar-refractivity contribution in [3.63, 3.8) is 0 Å². The van der Waals surface area contributed by atoms with Gasteiger partial charge in [0.05, 0.1) is 38.2 Å². The van der Waals surface area contributed by atoms with Gasteiger partial charge in [-0.2, -0.15) is 0 Å². The number of benzene rings is 2. The van der Waals surface area contributed by atoms with Crippen LogP contribution in [-0.2, 0) is 19.1 Å². The van der Waals surface area contributed by atoms with Crippen LogP contribution in [0.15, 0.2) is 97.6 Å². The quantitative estimate of drug-likeness (QED) is 0.0498. The van der Waals surface area contributed by atoms with E-state index in [1.165, 1.54) is 14.2 Å². The highest BCUT2D eigenvalue weighted by Gasteiger charge is 2.38. The number of hydrogen-bond donors (Lipinski definition) is 4. The molecule has 0 saturated carbocycles. The number of alkyl carbamates (subject to hydrolysis) is 1. The van der Waals surface area contributed by atoms with E-state index in [1.807, 2.05) is 81.3 Å². The van der Waals surface area contributed by atoms with E-state index in [9.17, 15) is 14.4 Å². The summed E-state index contributed by atoms with van der Waals surface area (Å²) < 4.78 is 9.93. The molecule has 2 aliphatic heterocycles. The topological polar surface area (TPSA) is 167 Å². The average molecular weight is 791 g/mol. The predicted octanol–water partition coefficient (Wildman–Crippen LogP) is 6.54. The second-order valence-corrected chi connectivity index (χ2v) is 14.7. The van der Waals surface area contributed by atoms with Gasteiger partial charge >= 0.3 is 6.09 Å². The number of rotatable bonds is 13. The minimum absolute atomic E-state index is 0.00392. The van der Waals surface area contributed by atoms with Gasteiger partial charge in [0.2, 0.25) is 11.8 Å². The van der Waals surface area contributed by atoms with Crippen LogP contribution in [-0.4, -0.2) is 88.9 Å². The number of likely N-dealkylation sites (tertiary alicyclic amines) is 2. The molecule has 5 N–H and O–H groups in total. The monoisotopic (exact) mass is 790 g/mol. The Kier molecular flexibility index (Phi) is 16.3. The fourth-order valence-electron chi connectivity index (χ4n) is 7.15. The molecule has 308 valence electrons. The van der Waals surface area contributed by atoms with Crippen molar-refractivity contribution in [2.45, 2.75) is 77.5 Å². The van der Waals surface area contributed by atoms with E-state index in [2.05, 4.69) is 58.3 Å². The molecule has 0 bridgehead atoms. The maximum absolute atomic E-state index is 13.7. The third-order valence-electron chi connectivity index (χ3n) is 10.2. The molecule has 5 rings (SSSR count). The van der Waals surface area contributed by atoms with Crippen LogP contribution >= 0.6 is 0 Å². The Bertz CT molecular complexity index is 2010. The fraction of sp³-hybridized carbons (Fsp3) is 0.400. The van der Waals surface area contributed by atoms with Crippen molar-refractivity contribution in [3.8, 4) is 34.2 Å². The van der Waals surface area contributed by atoms with Crippen LogP contribution in [0.5, 0.6) is 0 Å². The molecule has 3 heterocycles. The summed E-state index contributed by atoms with van der Waals surface area (Å²) in [5, 5.41) is 5.78. The van der Waals surface area contributed by atoms with Gasteiger partial charge in [-0.15, -0.1) is 13.2 Å². The second kappa shape index (κ2) is 21.3. The molecule has 0 aliphatic carbocycles. The van der Waals surface area contributed by atoms with Gasteiger partial charge in [-0.3, -0.25) is 9.59 Å². The first-order valence-corrected chi connectivity index (χ1v) is 19.6. The number of imidazole rings is 1. The number of amides is 3. The van der Waals surface area contributed by atoms with E-state index < -0.39 is 18.2 Å². The Hall–Kier alpha value is -6.29. The Morgan fingerprint density at radius 2 is 1.59 bits per heavy atom. The minimum Gasteiger partial charge on any atom is -0.483 e. The van der Waals surface area contributed by atoms with Crippen molar-refractivity contribution in [1.82, 2.24) is 30.4 Å². The first-order valence-electron chi connectivity index (χ1n) is 19.6. The molecule has 3 amide bonds. The van der Waals surface area contributed by atoms with Crippen molar-refractivity contribution in [2.75, 3.05) is 27.3 Å². The molecule has 58 heavy (non-hydrogen) atoms. The third kappa shape index (κ3) is 11.0. The van der Waals surface area contributed by atoms with Gasteiger partial charge in [0, 0.05) is 36.5 Å². The standard InChI is InChI=1S/C43H54N8O5.C2H4/c1-27(2)37(47-29(5)55-6)41(52)51-24-14-19-36(51)40-46-26-34(48-40)32-21-20-31(33(25-32)30-15-9-8-10-16-30)17-11-12-22-45-39(44)35-18-13-23-50(35)42(53)38(28(3)4)49-43(54)56-7;1-2/h8-10,12,15-16,20-22,25-28,35-38,47H,5,13-14,18-19,23-24H2,1-4,6-7H3,(H2,44,45)(H,46,48)(H,49,54);1-2H2/b22-12+;/t35-,36-,37?,38?;/m0./s1. The molecule has 0 radical (unpaired) electrons. The number of carbonyl (C=O) groups excluding carboxylic acids is 3. The van der Waals surface area contributed by atoms with Crippen LogP contribution in [0.2, 0.25) is 0 Å². The largest absolute Gasteiger partial charge is 0.483 e. The van der Waals surface area contributed by atoms with E-state index in [0.717, 1.165) is 53.0 Å². The van der Waals surface area contributed by atoms with Crippen LogP contribution in [0, 0.1) is 23.7 Å². The number of nitrogens with zero attached hydrogens (tertiary/aromatic N) is 4. The number of aliphatic imine (C=N–C) groups is 1. The zero-order valence-electron chi connectivity index (χ0n) is 34.6. The molecule has 2 fully saturated rings. The van der Waals surface area contributed by atoms with Crippen LogP contribution < -0.4 is 16.4 Å². The lowest BCUT2D eigenvalue weighted by Gasteiger charge is -2.31. The summed E-state index contributed by atoms with van der Waals surface area (Å²) in [6, 6.07) is 14.4. The van der Waals surface area contributed by atoms with Gasteiger partial charge in [-0.25, -0.2) is 14.8 Å². The van der Waals surface area contributed by atoms with E-state index in [4.69, 9.17) is 20.2 Å². The number of aromatic amines is 1. The van der Waals surface area contributed by atoms with Crippen LogP contribution in [0.4, 0.5) is 4.79 Å². The van der Waals surface area contributed by atoms with Crippen LogP contribution in [0.1, 0.15) is 70.8 Å². The normalized spacial score (nSPS) is 17.6. The van der Waals surface area contributed by atoms with E-state index in [1.54, 1.807) is 17.2 Å². The lowest BCUT2D eigenvalue weighted by atomic mass is 9.96. The van der Waals surface area contributed by atoms with E-state index in [-0.39, 0.29) is 35.7 Å². The Morgan fingerprint density at radius 3 is 2.26 bits per heavy atom.